The van der Waals surface area contributed by atoms with Gasteiger partial charge in [0.2, 0.25) is 5.91 Å². The van der Waals surface area contributed by atoms with Gasteiger partial charge in [0.25, 0.3) is 0 Å². The SMILES string of the molecule is O=C1CCc2c(OC[C@]3(O)CCN(c4c(F)cc(Br)cc4F)C[C@@H]3O)ccc(F)c2N1. The number of hydrogen-bond donors (Lipinski definition) is 3. The van der Waals surface area contributed by atoms with Crippen LogP contribution >= 0.6 is 15.9 Å². The van der Waals surface area contributed by atoms with Crippen LogP contribution in [0.3, 0.4) is 0 Å². The van der Waals surface area contributed by atoms with Gasteiger partial charge in [0.05, 0.1) is 5.69 Å². The summed E-state index contributed by atoms with van der Waals surface area (Å²) >= 11 is 3.03. The van der Waals surface area contributed by atoms with E-state index in [2.05, 4.69) is 21.2 Å². The highest BCUT2D eigenvalue weighted by Gasteiger charge is 2.43. The van der Waals surface area contributed by atoms with Crippen molar-refractivity contribution in [2.24, 2.45) is 0 Å². The number of aliphatic hydroxyl groups is 2. The molecule has 3 N–H and O–H groups in total. The lowest BCUT2D eigenvalue weighted by Gasteiger charge is -2.42. The van der Waals surface area contributed by atoms with E-state index >= 15 is 0 Å². The molecule has 1 saturated heterocycles. The molecule has 1 amide bonds. The topological polar surface area (TPSA) is 82.0 Å². The third-order valence-electron chi connectivity index (χ3n) is 5.69. The summed E-state index contributed by atoms with van der Waals surface area (Å²) in [6.07, 6.45) is -0.896. The zero-order valence-corrected chi connectivity index (χ0v) is 17.9. The fourth-order valence-corrected chi connectivity index (χ4v) is 4.34. The second-order valence-corrected chi connectivity index (χ2v) is 8.69. The quantitative estimate of drug-likeness (QED) is 0.600. The zero-order chi connectivity index (χ0) is 22.3. The molecule has 31 heavy (non-hydrogen) atoms. The van der Waals surface area contributed by atoms with Crippen molar-refractivity contribution in [3.05, 3.63) is 51.8 Å². The van der Waals surface area contributed by atoms with Crippen LogP contribution in [0.25, 0.3) is 0 Å². The first kappa shape index (κ1) is 21.9. The lowest BCUT2D eigenvalue weighted by Crippen LogP contribution is -2.58. The maximum Gasteiger partial charge on any atom is 0.224 e. The van der Waals surface area contributed by atoms with Crippen molar-refractivity contribution < 1.29 is 32.9 Å². The number of piperidine rings is 1. The maximum absolute atomic E-state index is 14.3. The summed E-state index contributed by atoms with van der Waals surface area (Å²) in [5, 5.41) is 23.9. The monoisotopic (exact) mass is 500 g/mol. The van der Waals surface area contributed by atoms with Gasteiger partial charge in [0, 0.05) is 29.5 Å². The van der Waals surface area contributed by atoms with Crippen molar-refractivity contribution in [1.82, 2.24) is 0 Å². The summed E-state index contributed by atoms with van der Waals surface area (Å²) in [5.41, 5.74) is -1.40. The van der Waals surface area contributed by atoms with Crippen molar-refractivity contribution in [2.45, 2.75) is 31.0 Å². The summed E-state index contributed by atoms with van der Waals surface area (Å²) in [6.45, 7) is -0.420. The van der Waals surface area contributed by atoms with Crippen LogP contribution in [0.2, 0.25) is 0 Å². The molecule has 2 heterocycles. The molecule has 0 saturated carbocycles. The predicted molar refractivity (Wildman–Crippen MR) is 111 cm³/mol. The number of halogens is 4. The van der Waals surface area contributed by atoms with Crippen molar-refractivity contribution in [3.63, 3.8) is 0 Å². The van der Waals surface area contributed by atoms with Gasteiger partial charge in [-0.15, -0.1) is 0 Å². The molecule has 2 aromatic carbocycles. The maximum atomic E-state index is 14.3. The Labute approximate surface area is 184 Å². The predicted octanol–water partition coefficient (Wildman–Crippen LogP) is 3.13. The van der Waals surface area contributed by atoms with Crippen LogP contribution in [-0.2, 0) is 11.2 Å². The second-order valence-electron chi connectivity index (χ2n) is 7.77. The first-order chi connectivity index (χ1) is 14.7. The molecule has 1 fully saturated rings. The summed E-state index contributed by atoms with van der Waals surface area (Å²) in [4.78, 5) is 12.9. The number of fused-ring (bicyclic) bond motifs is 1. The van der Waals surface area contributed by atoms with Crippen LogP contribution in [0, 0.1) is 17.5 Å². The molecule has 4 rings (SSSR count). The highest BCUT2D eigenvalue weighted by atomic mass is 79.9. The molecule has 166 valence electrons. The zero-order valence-electron chi connectivity index (χ0n) is 16.3. The third-order valence-corrected chi connectivity index (χ3v) is 6.15. The smallest absolute Gasteiger partial charge is 0.224 e. The van der Waals surface area contributed by atoms with Gasteiger partial charge in [-0.3, -0.25) is 4.79 Å². The average Bonchev–Trinajstić information content (AvgIpc) is 2.70. The number of anilines is 2. The van der Waals surface area contributed by atoms with Crippen LogP contribution in [0.4, 0.5) is 24.5 Å². The van der Waals surface area contributed by atoms with Gasteiger partial charge in [-0.1, -0.05) is 15.9 Å². The first-order valence-corrected chi connectivity index (χ1v) is 10.5. The fourth-order valence-electron chi connectivity index (χ4n) is 3.94. The summed E-state index contributed by atoms with van der Waals surface area (Å²) in [5.74, 6) is -2.13. The summed E-state index contributed by atoms with van der Waals surface area (Å²) < 4.78 is 48.5. The Bertz CT molecular complexity index is 1010. The summed E-state index contributed by atoms with van der Waals surface area (Å²) in [7, 11) is 0. The number of rotatable bonds is 4. The van der Waals surface area contributed by atoms with Crippen molar-refractivity contribution >= 4 is 33.2 Å². The molecular weight excluding hydrogens is 481 g/mol. The Balaban J connectivity index is 1.48. The van der Waals surface area contributed by atoms with E-state index in [-0.39, 0.29) is 60.7 Å². The molecule has 0 radical (unpaired) electrons. The van der Waals surface area contributed by atoms with E-state index in [1.54, 1.807) is 0 Å². The number of amides is 1. The molecule has 2 aromatic rings. The minimum Gasteiger partial charge on any atom is -0.490 e. The largest absolute Gasteiger partial charge is 0.490 e. The molecule has 6 nitrogen and oxygen atoms in total. The number of nitrogens with zero attached hydrogens (tertiary/aromatic N) is 1. The number of carbonyl (C=O) groups is 1. The second kappa shape index (κ2) is 8.33. The first-order valence-electron chi connectivity index (χ1n) is 9.72. The van der Waals surface area contributed by atoms with Gasteiger partial charge in [-0.05, 0) is 37.1 Å². The number of β-amino-alcohol motifs (C(OH)–C–C–N with tert-alkyl or cyclic N) is 1. The van der Waals surface area contributed by atoms with Crippen LogP contribution in [0.5, 0.6) is 5.75 Å². The number of benzene rings is 2. The minimum atomic E-state index is -1.67. The van der Waals surface area contributed by atoms with Gasteiger partial charge < -0.3 is 25.2 Å². The minimum absolute atomic E-state index is 0.0107. The number of nitrogens with one attached hydrogen (secondary N) is 1. The van der Waals surface area contributed by atoms with Crippen LogP contribution in [0.15, 0.2) is 28.7 Å². The van der Waals surface area contributed by atoms with Gasteiger partial charge in [-0.25, -0.2) is 13.2 Å². The van der Waals surface area contributed by atoms with E-state index in [9.17, 15) is 28.2 Å². The molecule has 2 aliphatic heterocycles. The Morgan fingerprint density at radius 3 is 2.58 bits per heavy atom. The number of ether oxygens (including phenoxy) is 1. The molecule has 0 aliphatic carbocycles. The van der Waals surface area contributed by atoms with Gasteiger partial charge in [0.1, 0.15) is 35.6 Å². The van der Waals surface area contributed by atoms with E-state index in [4.69, 9.17) is 4.74 Å². The Hall–Kier alpha value is -2.30. The van der Waals surface area contributed by atoms with Crippen molar-refractivity contribution in [2.75, 3.05) is 29.9 Å². The number of hydrogen-bond acceptors (Lipinski definition) is 5. The molecule has 2 atom stereocenters. The highest BCUT2D eigenvalue weighted by molar-refractivity contribution is 9.10. The normalized spacial score (nSPS) is 23.4. The highest BCUT2D eigenvalue weighted by Crippen LogP contribution is 2.36. The molecule has 0 bridgehead atoms. The molecule has 0 spiro atoms. The number of carbonyl (C=O) groups excluding carboxylic acids is 1. The van der Waals surface area contributed by atoms with Gasteiger partial charge in [-0.2, -0.15) is 0 Å². The van der Waals surface area contributed by atoms with E-state index in [0.717, 1.165) is 18.2 Å². The van der Waals surface area contributed by atoms with Crippen molar-refractivity contribution in [1.29, 1.82) is 0 Å². The Morgan fingerprint density at radius 1 is 1.19 bits per heavy atom. The van der Waals surface area contributed by atoms with Gasteiger partial charge in [0.15, 0.2) is 11.6 Å². The molecule has 2 aliphatic rings. The lowest BCUT2D eigenvalue weighted by molar-refractivity contribution is -0.116. The van der Waals surface area contributed by atoms with Crippen LogP contribution in [-0.4, -0.2) is 47.5 Å². The lowest BCUT2D eigenvalue weighted by atomic mass is 9.89. The standard InChI is InChI=1S/C21H20BrF3N2O4/c22-11-7-14(24)20(15(25)8-11)27-6-5-21(30,17(28)9-27)10-31-16-3-2-13(23)19-12(16)1-4-18(29)26-19/h2-3,7-8,17,28,30H,1,4-6,9-10H2,(H,26,29)/t17-,21+/m0/s1. The average molecular weight is 501 g/mol. The Kier molecular flexibility index (Phi) is 5.89. The molecular formula is C21H20BrF3N2O4. The summed E-state index contributed by atoms with van der Waals surface area (Å²) in [6, 6.07) is 4.82. The van der Waals surface area contributed by atoms with E-state index < -0.39 is 29.2 Å². The van der Waals surface area contributed by atoms with E-state index in [1.165, 1.54) is 11.0 Å². The molecule has 0 unspecified atom stereocenters. The van der Waals surface area contributed by atoms with Crippen molar-refractivity contribution in [3.8, 4) is 5.75 Å². The molecule has 0 aromatic heterocycles. The van der Waals surface area contributed by atoms with Gasteiger partial charge >= 0.3 is 0 Å². The van der Waals surface area contributed by atoms with Crippen LogP contribution in [0.1, 0.15) is 18.4 Å². The fraction of sp³-hybridized carbons (Fsp3) is 0.381. The Morgan fingerprint density at radius 2 is 1.90 bits per heavy atom. The molecule has 10 heteroatoms. The van der Waals surface area contributed by atoms with E-state index in [0.29, 0.717) is 11.3 Å². The van der Waals surface area contributed by atoms with E-state index in [1.807, 2.05) is 0 Å². The number of aliphatic hydroxyl groups excluding tert-OH is 1. The van der Waals surface area contributed by atoms with Crippen LogP contribution < -0.4 is 15.0 Å². The third kappa shape index (κ3) is 4.24.